The van der Waals surface area contributed by atoms with Crippen molar-refractivity contribution in [2.45, 2.75) is 374 Å². The van der Waals surface area contributed by atoms with Crippen molar-refractivity contribution in [3.63, 3.8) is 0 Å². The van der Waals surface area contributed by atoms with Gasteiger partial charge in [0.2, 0.25) is 0 Å². The van der Waals surface area contributed by atoms with Crippen LogP contribution in [-0.2, 0) is 28.6 Å². The van der Waals surface area contributed by atoms with Gasteiger partial charge in [-0.05, 0) is 96.3 Å². The van der Waals surface area contributed by atoms with Gasteiger partial charge >= 0.3 is 17.9 Å². The number of esters is 3. The van der Waals surface area contributed by atoms with Crippen LogP contribution in [-0.4, -0.2) is 37.2 Å². The molecule has 0 aliphatic rings. The van der Waals surface area contributed by atoms with Gasteiger partial charge in [-0.3, -0.25) is 14.4 Å². The van der Waals surface area contributed by atoms with E-state index in [1.807, 2.05) is 0 Å². The highest BCUT2D eigenvalue weighted by molar-refractivity contribution is 5.71. The second-order valence-corrected chi connectivity index (χ2v) is 23.8. The first-order valence-corrected chi connectivity index (χ1v) is 35.4. The predicted molar refractivity (Wildman–Crippen MR) is 353 cm³/mol. The van der Waals surface area contributed by atoms with Crippen LogP contribution in [0.3, 0.4) is 0 Å². The number of carbonyl (C=O) groups is 3. The third kappa shape index (κ3) is 67.5. The molecule has 0 N–H and O–H groups in total. The molecule has 6 nitrogen and oxygen atoms in total. The number of hydrogen-bond acceptors (Lipinski definition) is 6. The van der Waals surface area contributed by atoms with Crippen molar-refractivity contribution in [2.24, 2.45) is 0 Å². The summed E-state index contributed by atoms with van der Waals surface area (Å²) in [6.45, 7) is 6.61. The van der Waals surface area contributed by atoms with E-state index in [1.54, 1.807) is 0 Å². The van der Waals surface area contributed by atoms with Crippen molar-refractivity contribution in [2.75, 3.05) is 13.2 Å². The van der Waals surface area contributed by atoms with Crippen LogP contribution >= 0.6 is 0 Å². The molecule has 0 aliphatic heterocycles. The lowest BCUT2D eigenvalue weighted by atomic mass is 10.0. The maximum absolute atomic E-state index is 12.9. The van der Waals surface area contributed by atoms with Gasteiger partial charge in [0.25, 0.3) is 0 Å². The van der Waals surface area contributed by atoms with E-state index in [0.717, 1.165) is 89.9 Å². The molecule has 0 heterocycles. The molecule has 0 amide bonds. The smallest absolute Gasteiger partial charge is 0.306 e. The van der Waals surface area contributed by atoms with Gasteiger partial charge in [0.15, 0.2) is 6.10 Å². The zero-order chi connectivity index (χ0) is 58.5. The van der Waals surface area contributed by atoms with E-state index in [4.69, 9.17) is 14.2 Å². The minimum Gasteiger partial charge on any atom is -0.462 e. The van der Waals surface area contributed by atoms with Crippen molar-refractivity contribution < 1.29 is 28.6 Å². The zero-order valence-electron chi connectivity index (χ0n) is 54.1. The van der Waals surface area contributed by atoms with Crippen molar-refractivity contribution in [1.29, 1.82) is 0 Å². The van der Waals surface area contributed by atoms with E-state index in [0.29, 0.717) is 19.3 Å². The van der Waals surface area contributed by atoms with E-state index < -0.39 is 6.10 Å². The molecular formula is C75H134O6. The molecule has 0 aromatic heterocycles. The van der Waals surface area contributed by atoms with Crippen LogP contribution in [0.15, 0.2) is 72.9 Å². The summed E-state index contributed by atoms with van der Waals surface area (Å²) in [5, 5.41) is 0. The minimum absolute atomic E-state index is 0.0745. The molecule has 0 saturated heterocycles. The van der Waals surface area contributed by atoms with Gasteiger partial charge < -0.3 is 14.2 Å². The predicted octanol–water partition coefficient (Wildman–Crippen LogP) is 24.4. The summed E-state index contributed by atoms with van der Waals surface area (Å²) in [7, 11) is 0. The Kier molecular flexibility index (Phi) is 66.6. The largest absolute Gasteiger partial charge is 0.462 e. The lowest BCUT2D eigenvalue weighted by Gasteiger charge is -2.18. The zero-order valence-corrected chi connectivity index (χ0v) is 54.1. The van der Waals surface area contributed by atoms with Crippen LogP contribution in [0.4, 0.5) is 0 Å². The first-order valence-electron chi connectivity index (χ1n) is 35.4. The van der Waals surface area contributed by atoms with Crippen LogP contribution < -0.4 is 0 Å². The molecule has 1 unspecified atom stereocenters. The fourth-order valence-electron chi connectivity index (χ4n) is 10.3. The van der Waals surface area contributed by atoms with Gasteiger partial charge in [0, 0.05) is 19.3 Å². The van der Waals surface area contributed by atoms with Gasteiger partial charge in [-0.15, -0.1) is 0 Å². The van der Waals surface area contributed by atoms with Crippen molar-refractivity contribution in [3.8, 4) is 0 Å². The molecule has 0 aromatic carbocycles. The third-order valence-corrected chi connectivity index (χ3v) is 15.7. The Morgan fingerprint density at radius 1 is 0.247 bits per heavy atom. The fraction of sp³-hybridized carbons (Fsp3) is 0.800. The summed E-state index contributed by atoms with van der Waals surface area (Å²) in [5.74, 6) is -0.871. The lowest BCUT2D eigenvalue weighted by molar-refractivity contribution is -0.167. The summed E-state index contributed by atoms with van der Waals surface area (Å²) in [4.78, 5) is 38.2. The van der Waals surface area contributed by atoms with Crippen LogP contribution in [0.1, 0.15) is 367 Å². The normalized spacial score (nSPS) is 12.5. The summed E-state index contributed by atoms with van der Waals surface area (Å²) in [6, 6.07) is 0. The van der Waals surface area contributed by atoms with Crippen molar-refractivity contribution in [3.05, 3.63) is 72.9 Å². The second kappa shape index (κ2) is 69.3. The van der Waals surface area contributed by atoms with Crippen molar-refractivity contribution >= 4 is 17.9 Å². The first-order chi connectivity index (χ1) is 40.0. The Balaban J connectivity index is 4.04. The Morgan fingerprint density at radius 2 is 0.444 bits per heavy atom. The molecule has 81 heavy (non-hydrogen) atoms. The second-order valence-electron chi connectivity index (χ2n) is 23.8. The maximum atomic E-state index is 12.9. The Morgan fingerprint density at radius 3 is 0.691 bits per heavy atom. The molecule has 0 saturated carbocycles. The summed E-state index contributed by atoms with van der Waals surface area (Å²) >= 11 is 0. The Labute approximate surface area is 503 Å². The average Bonchev–Trinajstić information content (AvgIpc) is 3.47. The SMILES string of the molecule is CCCCCCC/C=C\C/C=C\C/C=C\CCCCCCCCCCCCCCCCCCCCC(=O)OCC(COC(=O)CCCCCCCCC)OC(=O)CCCCCCCCCC/C=C\C/C=C\C/C=C\CCCCCCC. The van der Waals surface area contributed by atoms with Crippen LogP contribution in [0.25, 0.3) is 0 Å². The topological polar surface area (TPSA) is 78.9 Å². The van der Waals surface area contributed by atoms with Gasteiger partial charge in [0.05, 0.1) is 0 Å². The standard InChI is InChI=1S/C75H134O6/c1-4-7-10-13-16-18-20-22-24-26-28-30-32-33-34-35-36-37-38-39-40-41-43-44-46-48-50-52-54-56-59-62-65-68-74(77)80-71-72(70-79-73(76)67-64-61-58-15-12-9-6-3)81-75(78)69-66-63-60-57-55-53-51-49-47-45-42-31-29-27-25-23-21-19-17-14-11-8-5-2/h20-23,26-29,32-33,42,45,72H,4-19,24-25,30-31,34-41,43-44,46-71H2,1-3H3/b22-20-,23-21-,28-26-,29-27-,33-32-,45-42-. The Bertz CT molecular complexity index is 1490. The van der Waals surface area contributed by atoms with E-state index in [1.165, 1.54) is 238 Å². The molecule has 0 bridgehead atoms. The molecule has 1 atom stereocenters. The molecule has 6 heteroatoms. The lowest BCUT2D eigenvalue weighted by Crippen LogP contribution is -2.30. The van der Waals surface area contributed by atoms with Gasteiger partial charge in [-0.25, -0.2) is 0 Å². The highest BCUT2D eigenvalue weighted by Crippen LogP contribution is 2.17. The summed E-state index contributed by atoms with van der Waals surface area (Å²) in [6.07, 6.45) is 91.0. The molecule has 0 spiro atoms. The monoisotopic (exact) mass is 1130 g/mol. The summed E-state index contributed by atoms with van der Waals surface area (Å²) in [5.41, 5.74) is 0. The van der Waals surface area contributed by atoms with E-state index in [9.17, 15) is 14.4 Å². The highest BCUT2D eigenvalue weighted by atomic mass is 16.6. The number of ether oxygens (including phenoxy) is 3. The number of unbranched alkanes of at least 4 members (excludes halogenated alkanes) is 42. The number of allylic oxidation sites excluding steroid dienone is 12. The molecule has 0 radical (unpaired) electrons. The quantitative estimate of drug-likeness (QED) is 0.0261. The van der Waals surface area contributed by atoms with Crippen LogP contribution in [0.5, 0.6) is 0 Å². The number of carbonyl (C=O) groups excluding carboxylic acids is 3. The molecule has 0 aliphatic carbocycles. The van der Waals surface area contributed by atoms with Gasteiger partial charge in [-0.2, -0.15) is 0 Å². The average molecular weight is 1130 g/mol. The molecule has 0 aromatic rings. The minimum atomic E-state index is -0.776. The molecule has 0 rings (SSSR count). The van der Waals surface area contributed by atoms with Crippen molar-refractivity contribution in [1.82, 2.24) is 0 Å². The first kappa shape index (κ1) is 77.9. The van der Waals surface area contributed by atoms with E-state index in [2.05, 4.69) is 93.7 Å². The van der Waals surface area contributed by atoms with Crippen LogP contribution in [0, 0.1) is 0 Å². The highest BCUT2D eigenvalue weighted by Gasteiger charge is 2.19. The fourth-order valence-corrected chi connectivity index (χ4v) is 10.3. The van der Waals surface area contributed by atoms with Gasteiger partial charge in [-0.1, -0.05) is 325 Å². The van der Waals surface area contributed by atoms with E-state index >= 15 is 0 Å². The number of rotatable bonds is 65. The van der Waals surface area contributed by atoms with Crippen LogP contribution in [0.2, 0.25) is 0 Å². The molecular weight excluding hydrogens is 997 g/mol. The number of hydrogen-bond donors (Lipinski definition) is 0. The molecule has 470 valence electrons. The third-order valence-electron chi connectivity index (χ3n) is 15.7. The Hall–Kier alpha value is -3.15. The molecule has 0 fully saturated rings. The van der Waals surface area contributed by atoms with E-state index in [-0.39, 0.29) is 31.1 Å². The van der Waals surface area contributed by atoms with Gasteiger partial charge in [0.1, 0.15) is 13.2 Å². The maximum Gasteiger partial charge on any atom is 0.306 e. The summed E-state index contributed by atoms with van der Waals surface area (Å²) < 4.78 is 16.9.